The molecule has 0 amide bonds. The van der Waals surface area contributed by atoms with Crippen LogP contribution in [0.3, 0.4) is 0 Å². The molecule has 1 saturated carbocycles. The molecule has 4 rings (SSSR count). The van der Waals surface area contributed by atoms with E-state index in [0.717, 1.165) is 21.7 Å². The molecule has 1 aliphatic rings. The van der Waals surface area contributed by atoms with E-state index in [0.29, 0.717) is 47.5 Å². The van der Waals surface area contributed by atoms with Crippen molar-refractivity contribution in [1.82, 2.24) is 15.0 Å². The number of nitrogens with one attached hydrogen (secondary N) is 1. The molecule has 1 aliphatic carbocycles. The molecule has 0 radical (unpaired) electrons. The molecule has 36 heavy (non-hydrogen) atoms. The quantitative estimate of drug-likeness (QED) is 0.372. The van der Waals surface area contributed by atoms with Crippen LogP contribution in [0.1, 0.15) is 57.0 Å². The Kier molecular flexibility index (Phi) is 7.54. The van der Waals surface area contributed by atoms with Crippen LogP contribution in [-0.4, -0.2) is 38.7 Å². The first-order valence-corrected chi connectivity index (χ1v) is 13.0. The van der Waals surface area contributed by atoms with Crippen LogP contribution < -0.4 is 10.1 Å². The van der Waals surface area contributed by atoms with E-state index >= 15 is 0 Å². The molecule has 2 N–H and O–H groups in total. The number of esters is 1. The molecule has 2 aromatic heterocycles. The van der Waals surface area contributed by atoms with Gasteiger partial charge < -0.3 is 19.9 Å². The molecule has 1 fully saturated rings. The number of aliphatic hydroxyl groups is 1. The number of benzene rings is 1. The summed E-state index contributed by atoms with van der Waals surface area (Å²) in [5, 5.41) is 15.6. The number of carbonyl (C=O) groups is 1. The largest absolute Gasteiger partial charge is 0.480 e. The van der Waals surface area contributed by atoms with Gasteiger partial charge in [0.1, 0.15) is 21.2 Å². The molecule has 0 atom stereocenters. The number of ether oxygens (including phenoxy) is 2. The van der Waals surface area contributed by atoms with Crippen molar-refractivity contribution in [2.75, 3.05) is 12.4 Å². The van der Waals surface area contributed by atoms with Crippen molar-refractivity contribution in [3.05, 3.63) is 46.2 Å². The van der Waals surface area contributed by atoms with Gasteiger partial charge in [0.25, 0.3) is 0 Å². The topological polar surface area (TPSA) is 106 Å². The van der Waals surface area contributed by atoms with Crippen LogP contribution >= 0.6 is 22.9 Å². The lowest BCUT2D eigenvalue weighted by Crippen LogP contribution is -2.36. The molecule has 0 spiro atoms. The Balaban J connectivity index is 1.49. The van der Waals surface area contributed by atoms with Gasteiger partial charge >= 0.3 is 5.97 Å². The number of carbonyl (C=O) groups excluding carboxylic acids is 1. The summed E-state index contributed by atoms with van der Waals surface area (Å²) in [6.45, 7) is 7.61. The number of hydrogen-bond acceptors (Lipinski definition) is 9. The van der Waals surface area contributed by atoms with Crippen molar-refractivity contribution in [1.29, 1.82) is 0 Å². The van der Waals surface area contributed by atoms with Gasteiger partial charge in [-0.1, -0.05) is 17.7 Å². The van der Waals surface area contributed by atoms with Gasteiger partial charge in [-0.2, -0.15) is 4.98 Å². The van der Waals surface area contributed by atoms with Crippen LogP contribution in [0.25, 0.3) is 10.4 Å². The second kappa shape index (κ2) is 10.3. The Morgan fingerprint density at radius 3 is 2.58 bits per heavy atom. The fourth-order valence-electron chi connectivity index (χ4n) is 4.23. The number of hydrogen-bond donors (Lipinski definition) is 2. The van der Waals surface area contributed by atoms with Crippen LogP contribution in [0.15, 0.2) is 30.6 Å². The first kappa shape index (κ1) is 26.3. The van der Waals surface area contributed by atoms with Crippen molar-refractivity contribution in [3.8, 4) is 16.3 Å². The third-order valence-electron chi connectivity index (χ3n) is 5.98. The molecular formula is C26H31ClN4O4S. The summed E-state index contributed by atoms with van der Waals surface area (Å²) in [5.74, 6) is 0.284. The number of rotatable bonds is 6. The summed E-state index contributed by atoms with van der Waals surface area (Å²) in [6.07, 6.45) is 5.37. The molecule has 0 unspecified atom stereocenters. The lowest BCUT2D eigenvalue weighted by Gasteiger charge is -2.34. The fourth-order valence-corrected chi connectivity index (χ4v) is 5.45. The van der Waals surface area contributed by atoms with Crippen molar-refractivity contribution in [2.24, 2.45) is 5.92 Å². The van der Waals surface area contributed by atoms with Crippen molar-refractivity contribution >= 4 is 40.5 Å². The highest BCUT2D eigenvalue weighted by atomic mass is 35.5. The Labute approximate surface area is 220 Å². The molecule has 1 aromatic carbocycles. The Hall–Kier alpha value is -2.75. The maximum absolute atomic E-state index is 12.5. The van der Waals surface area contributed by atoms with Crippen molar-refractivity contribution in [2.45, 2.75) is 64.6 Å². The zero-order valence-corrected chi connectivity index (χ0v) is 22.7. The lowest BCUT2D eigenvalue weighted by molar-refractivity contribution is -0.163. The van der Waals surface area contributed by atoms with E-state index in [1.54, 1.807) is 6.20 Å². The van der Waals surface area contributed by atoms with E-state index in [-0.39, 0.29) is 11.9 Å². The van der Waals surface area contributed by atoms with Gasteiger partial charge in [0.05, 0.1) is 24.1 Å². The summed E-state index contributed by atoms with van der Waals surface area (Å²) < 4.78 is 10.7. The summed E-state index contributed by atoms with van der Waals surface area (Å²) >= 11 is 7.50. The first-order valence-electron chi connectivity index (χ1n) is 11.8. The number of methoxy groups -OCH3 is 1. The minimum atomic E-state index is -1.04. The van der Waals surface area contributed by atoms with Gasteiger partial charge in [0.2, 0.25) is 11.8 Å². The van der Waals surface area contributed by atoms with Gasteiger partial charge in [-0.05, 0) is 76.6 Å². The van der Waals surface area contributed by atoms with Crippen molar-refractivity contribution < 1.29 is 19.4 Å². The van der Waals surface area contributed by atoms with E-state index in [1.807, 2.05) is 39.8 Å². The lowest BCUT2D eigenvalue weighted by atomic mass is 9.79. The maximum atomic E-state index is 12.5. The van der Waals surface area contributed by atoms with E-state index in [4.69, 9.17) is 21.1 Å². The smallest absolute Gasteiger partial charge is 0.309 e. The Bertz CT molecular complexity index is 1250. The summed E-state index contributed by atoms with van der Waals surface area (Å²) in [5.41, 5.74) is 1.26. The molecule has 8 nitrogen and oxygen atoms in total. The third kappa shape index (κ3) is 6.14. The average molecular weight is 531 g/mol. The van der Waals surface area contributed by atoms with Gasteiger partial charge in [-0.15, -0.1) is 11.3 Å². The molecule has 10 heteroatoms. The summed E-state index contributed by atoms with van der Waals surface area (Å²) in [4.78, 5) is 26.5. The molecule has 192 valence electrons. The molecule has 0 saturated heterocycles. The van der Waals surface area contributed by atoms with Crippen LogP contribution in [0.2, 0.25) is 5.02 Å². The number of nitrogens with zero attached hydrogens (tertiary/aromatic N) is 3. The molecular weight excluding hydrogens is 500 g/mol. The molecule has 0 bridgehead atoms. The first-order chi connectivity index (χ1) is 17.0. The summed E-state index contributed by atoms with van der Waals surface area (Å²) in [7, 11) is 1.50. The highest BCUT2D eigenvalue weighted by molar-refractivity contribution is 7.15. The van der Waals surface area contributed by atoms with E-state index in [2.05, 4.69) is 26.3 Å². The average Bonchev–Trinajstić information content (AvgIpc) is 3.31. The highest BCUT2D eigenvalue weighted by Gasteiger charge is 2.40. The van der Waals surface area contributed by atoms with Crippen LogP contribution in [0.5, 0.6) is 5.88 Å². The zero-order chi connectivity index (χ0) is 26.1. The number of anilines is 2. The predicted octanol–water partition coefficient (Wildman–Crippen LogP) is 6.03. The number of thiazole rings is 1. The summed E-state index contributed by atoms with van der Waals surface area (Å²) in [6, 6.07) is 6.04. The minimum Gasteiger partial charge on any atom is -0.480 e. The second-order valence-electron chi connectivity index (χ2n) is 10.1. The maximum Gasteiger partial charge on any atom is 0.309 e. The standard InChI is InChI=1S/C26H31ClN4O4S/c1-15-10-17(12-18(11-15)30-24-29-13-19(27)21(31-24)34-5)20-14-28-23(36-20)26(33)8-6-16(7-9-26)22(32)35-25(2,3)4/h10-14,16,33H,6-9H2,1-5H3,(H,29,30,31). The number of aryl methyl sites for hydroxylation is 1. The van der Waals surface area contributed by atoms with Gasteiger partial charge in [-0.25, -0.2) is 9.97 Å². The predicted molar refractivity (Wildman–Crippen MR) is 141 cm³/mol. The second-order valence-corrected chi connectivity index (χ2v) is 11.6. The van der Waals surface area contributed by atoms with Gasteiger partial charge in [0.15, 0.2) is 0 Å². The van der Waals surface area contributed by atoms with Crippen LogP contribution in [-0.2, 0) is 15.1 Å². The monoisotopic (exact) mass is 530 g/mol. The van der Waals surface area contributed by atoms with Crippen molar-refractivity contribution in [3.63, 3.8) is 0 Å². The van der Waals surface area contributed by atoms with Crippen LogP contribution in [0.4, 0.5) is 11.6 Å². The Morgan fingerprint density at radius 1 is 1.19 bits per heavy atom. The van der Waals surface area contributed by atoms with E-state index in [1.165, 1.54) is 24.6 Å². The minimum absolute atomic E-state index is 0.188. The zero-order valence-electron chi connectivity index (χ0n) is 21.1. The fraction of sp³-hybridized carbons (Fsp3) is 0.462. The highest BCUT2D eigenvalue weighted by Crippen LogP contribution is 2.43. The number of aromatic nitrogens is 3. The van der Waals surface area contributed by atoms with Gasteiger partial charge in [-0.3, -0.25) is 4.79 Å². The molecule has 2 heterocycles. The van der Waals surface area contributed by atoms with Gasteiger partial charge in [0, 0.05) is 11.9 Å². The van der Waals surface area contributed by atoms with Crippen LogP contribution in [0, 0.1) is 12.8 Å². The van der Waals surface area contributed by atoms with E-state index in [9.17, 15) is 9.90 Å². The molecule has 0 aliphatic heterocycles. The Morgan fingerprint density at radius 2 is 1.92 bits per heavy atom. The molecule has 3 aromatic rings. The SMILES string of the molecule is COc1nc(Nc2cc(C)cc(-c3cnc(C4(O)CCC(C(=O)OC(C)(C)C)CC4)s3)c2)ncc1Cl. The number of halogens is 1. The third-order valence-corrected chi connectivity index (χ3v) is 7.48. The van der Waals surface area contributed by atoms with E-state index < -0.39 is 11.2 Å². The normalized spacial score (nSPS) is 20.1.